The van der Waals surface area contributed by atoms with Gasteiger partial charge in [-0.25, -0.2) is 13.6 Å². The van der Waals surface area contributed by atoms with Crippen molar-refractivity contribution in [1.29, 1.82) is 0 Å². The van der Waals surface area contributed by atoms with E-state index in [1.807, 2.05) is 41.1 Å². The number of carbonyl (C=O) groups is 2. The Morgan fingerprint density at radius 1 is 0.833 bits per heavy atom. The molecule has 0 saturated carbocycles. The number of amides is 1. The molecule has 208 valence electrons. The first-order valence-corrected chi connectivity index (χ1v) is 13.4. The van der Waals surface area contributed by atoms with Crippen LogP contribution in [0.5, 0.6) is 0 Å². The average Bonchev–Trinajstić information content (AvgIpc) is 3.39. The second kappa shape index (κ2) is 11.1. The van der Waals surface area contributed by atoms with E-state index in [0.29, 0.717) is 33.8 Å². The number of pyridine rings is 1. The highest BCUT2D eigenvalue weighted by molar-refractivity contribution is 6.31. The molecule has 0 spiro atoms. The van der Waals surface area contributed by atoms with Crippen LogP contribution >= 0.6 is 11.6 Å². The lowest BCUT2D eigenvalue weighted by molar-refractivity contribution is 0.0696. The van der Waals surface area contributed by atoms with E-state index in [1.165, 1.54) is 18.2 Å². The van der Waals surface area contributed by atoms with Crippen LogP contribution < -0.4 is 5.32 Å². The molecule has 2 heterocycles. The quantitative estimate of drug-likeness (QED) is 0.205. The van der Waals surface area contributed by atoms with Gasteiger partial charge in [-0.1, -0.05) is 41.9 Å². The third-order valence-corrected chi connectivity index (χ3v) is 7.29. The van der Waals surface area contributed by atoms with Gasteiger partial charge in [0, 0.05) is 28.5 Å². The molecule has 0 unspecified atom stereocenters. The fraction of sp³-hybridized carbons (Fsp3) is 0.0606. The van der Waals surface area contributed by atoms with Crippen molar-refractivity contribution in [3.05, 3.63) is 136 Å². The van der Waals surface area contributed by atoms with E-state index in [1.54, 1.807) is 30.3 Å². The fourth-order valence-electron chi connectivity index (χ4n) is 4.93. The van der Waals surface area contributed by atoms with Crippen LogP contribution in [0.15, 0.2) is 97.2 Å². The number of rotatable bonds is 7. The minimum absolute atomic E-state index is 0.147. The maximum Gasteiger partial charge on any atom is 0.335 e. The van der Waals surface area contributed by atoms with E-state index in [-0.39, 0.29) is 18.0 Å². The molecule has 2 aromatic heterocycles. The predicted octanol–water partition coefficient (Wildman–Crippen LogP) is 7.46. The number of fused-ring (bicyclic) bond motifs is 2. The SMILES string of the molecule is O=C(O)c1ccc(CNC(=O)c2cc(-c3ccc(F)c(F)c3)cc3ccn(Cc4ccc5ccc(Cl)cc5n4)c23)cc1. The number of nitrogens with zero attached hydrogens (tertiary/aromatic N) is 2. The molecular weight excluding hydrogens is 560 g/mol. The van der Waals surface area contributed by atoms with Crippen molar-refractivity contribution in [1.82, 2.24) is 14.9 Å². The lowest BCUT2D eigenvalue weighted by Gasteiger charge is -2.13. The number of carboxylic acid groups (broad SMARTS) is 1. The number of halogens is 3. The van der Waals surface area contributed by atoms with Gasteiger partial charge in [-0.15, -0.1) is 0 Å². The molecule has 0 fully saturated rings. The molecule has 42 heavy (non-hydrogen) atoms. The van der Waals surface area contributed by atoms with Crippen molar-refractivity contribution in [2.75, 3.05) is 0 Å². The number of hydrogen-bond acceptors (Lipinski definition) is 3. The monoisotopic (exact) mass is 581 g/mol. The van der Waals surface area contributed by atoms with E-state index < -0.39 is 17.6 Å². The van der Waals surface area contributed by atoms with Crippen LogP contribution in [0.1, 0.15) is 32.0 Å². The van der Waals surface area contributed by atoms with Gasteiger partial charge in [0.15, 0.2) is 11.6 Å². The highest BCUT2D eigenvalue weighted by Gasteiger charge is 2.18. The average molecular weight is 582 g/mol. The van der Waals surface area contributed by atoms with Gasteiger partial charge in [0.25, 0.3) is 5.91 Å². The van der Waals surface area contributed by atoms with Crippen molar-refractivity contribution in [3.8, 4) is 11.1 Å². The van der Waals surface area contributed by atoms with Gasteiger partial charge in [0.05, 0.1) is 34.4 Å². The zero-order chi connectivity index (χ0) is 29.4. The largest absolute Gasteiger partial charge is 0.478 e. The smallest absolute Gasteiger partial charge is 0.335 e. The summed E-state index contributed by atoms with van der Waals surface area (Å²) in [6, 6.07) is 24.6. The number of aromatic nitrogens is 2. The lowest BCUT2D eigenvalue weighted by Crippen LogP contribution is -2.23. The molecule has 6 aromatic rings. The molecule has 0 atom stereocenters. The summed E-state index contributed by atoms with van der Waals surface area (Å²) < 4.78 is 29.7. The molecule has 6 nitrogen and oxygen atoms in total. The molecule has 2 N–H and O–H groups in total. The summed E-state index contributed by atoms with van der Waals surface area (Å²) in [4.78, 5) is 29.6. The van der Waals surface area contributed by atoms with Gasteiger partial charge in [-0.2, -0.15) is 0 Å². The first kappa shape index (κ1) is 27.1. The van der Waals surface area contributed by atoms with Gasteiger partial charge < -0.3 is 15.0 Å². The summed E-state index contributed by atoms with van der Waals surface area (Å²) in [7, 11) is 0. The Labute approximate surface area is 243 Å². The van der Waals surface area contributed by atoms with Crippen molar-refractivity contribution < 1.29 is 23.5 Å². The molecule has 0 bridgehead atoms. The van der Waals surface area contributed by atoms with Crippen molar-refractivity contribution in [2.24, 2.45) is 0 Å². The second-order valence-corrected chi connectivity index (χ2v) is 10.3. The van der Waals surface area contributed by atoms with Crippen LogP contribution in [-0.2, 0) is 13.1 Å². The Bertz CT molecular complexity index is 2000. The number of carbonyl (C=O) groups excluding carboxylic acids is 1. The third kappa shape index (κ3) is 5.44. The number of benzene rings is 4. The minimum atomic E-state index is -1.04. The first-order valence-electron chi connectivity index (χ1n) is 13.0. The maximum atomic E-state index is 14.1. The number of aromatic carboxylic acids is 1. The molecule has 6 rings (SSSR count). The second-order valence-electron chi connectivity index (χ2n) is 9.86. The van der Waals surface area contributed by atoms with Crippen molar-refractivity contribution in [2.45, 2.75) is 13.1 Å². The van der Waals surface area contributed by atoms with Crippen molar-refractivity contribution >= 4 is 45.3 Å². The Morgan fingerprint density at radius 3 is 2.38 bits per heavy atom. The molecule has 0 aliphatic heterocycles. The Kier molecular flexibility index (Phi) is 7.14. The molecule has 0 aliphatic carbocycles. The summed E-state index contributed by atoms with van der Waals surface area (Å²) in [5, 5.41) is 14.3. The third-order valence-electron chi connectivity index (χ3n) is 7.06. The van der Waals surface area contributed by atoms with Crippen LogP contribution in [0.4, 0.5) is 8.78 Å². The van der Waals surface area contributed by atoms with Gasteiger partial charge >= 0.3 is 5.97 Å². The summed E-state index contributed by atoms with van der Waals surface area (Å²) in [6.45, 7) is 0.525. The van der Waals surface area contributed by atoms with Gasteiger partial charge in [-0.05, 0) is 77.4 Å². The van der Waals surface area contributed by atoms with E-state index in [4.69, 9.17) is 21.7 Å². The normalized spacial score (nSPS) is 11.2. The lowest BCUT2D eigenvalue weighted by atomic mass is 9.99. The number of hydrogen-bond donors (Lipinski definition) is 2. The fourth-order valence-corrected chi connectivity index (χ4v) is 5.10. The summed E-state index contributed by atoms with van der Waals surface area (Å²) in [5.41, 5.74) is 4.34. The van der Waals surface area contributed by atoms with Crippen LogP contribution in [0.2, 0.25) is 5.02 Å². The summed E-state index contributed by atoms with van der Waals surface area (Å²) >= 11 is 6.17. The molecule has 9 heteroatoms. The van der Waals surface area contributed by atoms with Crippen LogP contribution in [0.25, 0.3) is 32.9 Å². The highest BCUT2D eigenvalue weighted by Crippen LogP contribution is 2.30. The van der Waals surface area contributed by atoms with E-state index in [2.05, 4.69) is 5.32 Å². The Hall–Kier alpha value is -5.08. The molecular formula is C33H22ClF2N3O3. The minimum Gasteiger partial charge on any atom is -0.478 e. The van der Waals surface area contributed by atoms with E-state index in [9.17, 15) is 18.4 Å². The highest BCUT2D eigenvalue weighted by atomic mass is 35.5. The topological polar surface area (TPSA) is 84.2 Å². The molecule has 4 aromatic carbocycles. The number of carboxylic acids is 1. The van der Waals surface area contributed by atoms with Crippen LogP contribution in [0, 0.1) is 11.6 Å². The zero-order valence-electron chi connectivity index (χ0n) is 21.9. The Morgan fingerprint density at radius 2 is 1.62 bits per heavy atom. The van der Waals surface area contributed by atoms with Crippen molar-refractivity contribution in [3.63, 3.8) is 0 Å². The van der Waals surface area contributed by atoms with E-state index >= 15 is 0 Å². The molecule has 1 amide bonds. The standard InChI is InChI=1S/C33H22ClF2N3O3/c34-25-8-5-20-6-9-26(38-30(20)16-25)18-39-12-11-23-13-24(22-7-10-28(35)29(36)15-22)14-27(31(23)39)32(40)37-17-19-1-3-21(4-2-19)33(41)42/h1-16H,17-18H2,(H,37,40)(H,41,42). The van der Waals surface area contributed by atoms with Crippen LogP contribution in [-0.4, -0.2) is 26.5 Å². The van der Waals surface area contributed by atoms with Gasteiger partial charge in [0.2, 0.25) is 0 Å². The molecule has 0 saturated heterocycles. The van der Waals surface area contributed by atoms with E-state index in [0.717, 1.165) is 39.7 Å². The molecule has 0 aliphatic rings. The molecule has 0 radical (unpaired) electrons. The predicted molar refractivity (Wildman–Crippen MR) is 158 cm³/mol. The zero-order valence-corrected chi connectivity index (χ0v) is 22.7. The van der Waals surface area contributed by atoms with Crippen LogP contribution in [0.3, 0.4) is 0 Å². The number of nitrogens with one attached hydrogen (secondary N) is 1. The summed E-state index contributed by atoms with van der Waals surface area (Å²) in [5.74, 6) is -3.36. The van der Waals surface area contributed by atoms with Gasteiger partial charge in [-0.3, -0.25) is 9.78 Å². The first-order chi connectivity index (χ1) is 20.2. The maximum absolute atomic E-state index is 14.1. The Balaban J connectivity index is 1.39. The van der Waals surface area contributed by atoms with Gasteiger partial charge in [0.1, 0.15) is 0 Å². The summed E-state index contributed by atoms with van der Waals surface area (Å²) in [6.07, 6.45) is 1.85.